The number of aliphatic hydroxyl groups excluding tert-OH is 1. The number of nitriles is 1. The fraction of sp³-hybridized carbons (Fsp3) is 0.364. The third-order valence-electron chi connectivity index (χ3n) is 2.22. The Hall–Kier alpha value is -1.42. The first-order chi connectivity index (χ1) is 7.90. The van der Waals surface area contributed by atoms with E-state index in [9.17, 15) is 8.42 Å². The summed E-state index contributed by atoms with van der Waals surface area (Å²) in [4.78, 5) is 0.122. The average molecular weight is 254 g/mol. The first-order valence-corrected chi connectivity index (χ1v) is 6.53. The van der Waals surface area contributed by atoms with Gasteiger partial charge in [0.2, 0.25) is 10.0 Å². The Balaban J connectivity index is 3.13. The van der Waals surface area contributed by atoms with E-state index < -0.39 is 16.1 Å². The highest BCUT2D eigenvalue weighted by Crippen LogP contribution is 2.16. The Morgan fingerprint density at radius 3 is 2.65 bits per heavy atom. The van der Waals surface area contributed by atoms with Gasteiger partial charge < -0.3 is 5.11 Å². The Kier molecular flexibility index (Phi) is 4.23. The van der Waals surface area contributed by atoms with Crippen LogP contribution in [0.25, 0.3) is 0 Å². The zero-order valence-corrected chi connectivity index (χ0v) is 10.5. The number of hydrogen-bond acceptors (Lipinski definition) is 4. The zero-order chi connectivity index (χ0) is 13.1. The van der Waals surface area contributed by atoms with Gasteiger partial charge in [-0.05, 0) is 37.6 Å². The van der Waals surface area contributed by atoms with Crippen molar-refractivity contribution in [3.05, 3.63) is 29.3 Å². The van der Waals surface area contributed by atoms with Gasteiger partial charge in [-0.25, -0.2) is 13.1 Å². The minimum atomic E-state index is -3.65. The summed E-state index contributed by atoms with van der Waals surface area (Å²) in [5.41, 5.74) is 0.915. The molecule has 0 spiro atoms. The van der Waals surface area contributed by atoms with Crippen molar-refractivity contribution in [2.75, 3.05) is 6.61 Å². The first-order valence-electron chi connectivity index (χ1n) is 5.04. The smallest absolute Gasteiger partial charge is 0.241 e. The molecule has 92 valence electrons. The maximum Gasteiger partial charge on any atom is 0.241 e. The predicted octanol–water partition coefficient (Wildman–Crippen LogP) is 0.526. The SMILES string of the molecule is Cc1cc(C#N)ccc1S(=O)(=O)NC(C)CO. The van der Waals surface area contributed by atoms with E-state index >= 15 is 0 Å². The predicted molar refractivity (Wildman–Crippen MR) is 62.8 cm³/mol. The van der Waals surface area contributed by atoms with Gasteiger partial charge in [-0.1, -0.05) is 0 Å². The highest BCUT2D eigenvalue weighted by molar-refractivity contribution is 7.89. The van der Waals surface area contributed by atoms with Crippen LogP contribution < -0.4 is 4.72 Å². The molecule has 0 aliphatic carbocycles. The highest BCUT2D eigenvalue weighted by atomic mass is 32.2. The number of benzene rings is 1. The molecule has 0 bridgehead atoms. The van der Waals surface area contributed by atoms with E-state index in [0.717, 1.165) is 0 Å². The number of nitrogens with one attached hydrogen (secondary N) is 1. The zero-order valence-electron chi connectivity index (χ0n) is 9.64. The first kappa shape index (κ1) is 13.6. The molecule has 6 heteroatoms. The largest absolute Gasteiger partial charge is 0.395 e. The molecule has 1 atom stereocenters. The summed E-state index contributed by atoms with van der Waals surface area (Å²) in [6, 6.07) is 5.75. The summed E-state index contributed by atoms with van der Waals surface area (Å²) in [5, 5.41) is 17.5. The molecule has 1 rings (SSSR count). The van der Waals surface area contributed by atoms with Crippen molar-refractivity contribution in [2.45, 2.75) is 24.8 Å². The van der Waals surface area contributed by atoms with E-state index in [2.05, 4.69) is 4.72 Å². The number of aryl methyl sites for hydroxylation is 1. The van der Waals surface area contributed by atoms with Crippen molar-refractivity contribution in [1.82, 2.24) is 4.72 Å². The lowest BCUT2D eigenvalue weighted by molar-refractivity contribution is 0.265. The summed E-state index contributed by atoms with van der Waals surface area (Å²) in [6.07, 6.45) is 0. The Morgan fingerprint density at radius 1 is 1.53 bits per heavy atom. The molecule has 0 aliphatic rings. The molecule has 0 heterocycles. The van der Waals surface area contributed by atoms with Gasteiger partial charge in [-0.3, -0.25) is 0 Å². The molecule has 1 aromatic rings. The molecule has 0 aromatic heterocycles. The van der Waals surface area contributed by atoms with Crippen LogP contribution in [0.1, 0.15) is 18.1 Å². The summed E-state index contributed by atoms with van der Waals surface area (Å²) >= 11 is 0. The van der Waals surface area contributed by atoms with Crippen molar-refractivity contribution in [1.29, 1.82) is 5.26 Å². The van der Waals surface area contributed by atoms with Crippen LogP contribution in [0.3, 0.4) is 0 Å². The second-order valence-electron chi connectivity index (χ2n) is 3.80. The molecule has 5 nitrogen and oxygen atoms in total. The third-order valence-corrected chi connectivity index (χ3v) is 3.97. The van der Waals surface area contributed by atoms with Crippen molar-refractivity contribution < 1.29 is 13.5 Å². The number of rotatable bonds is 4. The van der Waals surface area contributed by atoms with E-state index in [1.807, 2.05) is 6.07 Å². The van der Waals surface area contributed by atoms with Gasteiger partial charge in [0.25, 0.3) is 0 Å². The number of sulfonamides is 1. The van der Waals surface area contributed by atoms with E-state index in [-0.39, 0.29) is 11.5 Å². The van der Waals surface area contributed by atoms with Gasteiger partial charge in [0.05, 0.1) is 23.1 Å². The Morgan fingerprint density at radius 2 is 2.18 bits per heavy atom. The number of nitrogens with zero attached hydrogens (tertiary/aromatic N) is 1. The van der Waals surface area contributed by atoms with Gasteiger partial charge in [-0.2, -0.15) is 5.26 Å². The molecular formula is C11H14N2O3S. The summed E-state index contributed by atoms with van der Waals surface area (Å²) in [5.74, 6) is 0. The van der Waals surface area contributed by atoms with Gasteiger partial charge in [-0.15, -0.1) is 0 Å². The normalized spacial score (nSPS) is 13.1. The molecule has 1 unspecified atom stereocenters. The fourth-order valence-electron chi connectivity index (χ4n) is 1.39. The van der Waals surface area contributed by atoms with Crippen molar-refractivity contribution in [2.24, 2.45) is 0 Å². The van der Waals surface area contributed by atoms with Gasteiger partial charge >= 0.3 is 0 Å². The Bertz CT molecular complexity index is 546. The minimum absolute atomic E-state index is 0.122. The van der Waals surface area contributed by atoms with Gasteiger partial charge in [0, 0.05) is 6.04 Å². The van der Waals surface area contributed by atoms with Crippen LogP contribution in [0, 0.1) is 18.3 Å². The molecular weight excluding hydrogens is 240 g/mol. The lowest BCUT2D eigenvalue weighted by Gasteiger charge is -2.13. The molecule has 0 radical (unpaired) electrons. The third kappa shape index (κ3) is 3.27. The maximum absolute atomic E-state index is 11.9. The van der Waals surface area contributed by atoms with Crippen molar-refractivity contribution in [3.63, 3.8) is 0 Å². The molecule has 17 heavy (non-hydrogen) atoms. The second-order valence-corrected chi connectivity index (χ2v) is 5.48. The van der Waals surface area contributed by atoms with Crippen molar-refractivity contribution >= 4 is 10.0 Å². The minimum Gasteiger partial charge on any atom is -0.395 e. The molecule has 1 aromatic carbocycles. The van der Waals surface area contributed by atoms with Crippen LogP contribution in [0.15, 0.2) is 23.1 Å². The van der Waals surface area contributed by atoms with Crippen LogP contribution in [0.2, 0.25) is 0 Å². The van der Waals surface area contributed by atoms with Crippen molar-refractivity contribution in [3.8, 4) is 6.07 Å². The molecule has 2 N–H and O–H groups in total. The summed E-state index contributed by atoms with van der Waals surface area (Å²) < 4.78 is 26.2. The lowest BCUT2D eigenvalue weighted by Crippen LogP contribution is -2.35. The second kappa shape index (κ2) is 5.27. The Labute approximate surface area is 101 Å². The van der Waals surface area contributed by atoms with Crippen LogP contribution >= 0.6 is 0 Å². The van der Waals surface area contributed by atoms with E-state index in [1.54, 1.807) is 13.8 Å². The van der Waals surface area contributed by atoms with Gasteiger partial charge in [0.1, 0.15) is 0 Å². The number of aliphatic hydroxyl groups is 1. The average Bonchev–Trinajstić information content (AvgIpc) is 2.27. The molecule has 0 saturated heterocycles. The quantitative estimate of drug-likeness (QED) is 0.820. The monoisotopic (exact) mass is 254 g/mol. The standard InChI is InChI=1S/C11H14N2O3S/c1-8-5-10(6-12)3-4-11(8)17(15,16)13-9(2)7-14/h3-5,9,13-14H,7H2,1-2H3. The molecule has 0 fully saturated rings. The van der Waals surface area contributed by atoms with Crippen LogP contribution in [-0.2, 0) is 10.0 Å². The summed E-state index contributed by atoms with van der Waals surface area (Å²) in [7, 11) is -3.65. The molecule has 0 saturated carbocycles. The lowest BCUT2D eigenvalue weighted by atomic mass is 10.2. The van der Waals surface area contributed by atoms with Crippen LogP contribution in [0.4, 0.5) is 0 Å². The van der Waals surface area contributed by atoms with E-state index in [4.69, 9.17) is 10.4 Å². The van der Waals surface area contributed by atoms with Crippen LogP contribution in [0.5, 0.6) is 0 Å². The maximum atomic E-state index is 11.9. The summed E-state index contributed by atoms with van der Waals surface area (Å²) in [6.45, 7) is 2.92. The topological polar surface area (TPSA) is 90.2 Å². The van der Waals surface area contributed by atoms with Crippen LogP contribution in [-0.4, -0.2) is 26.2 Å². The van der Waals surface area contributed by atoms with E-state index in [0.29, 0.717) is 11.1 Å². The number of hydrogen-bond donors (Lipinski definition) is 2. The highest BCUT2D eigenvalue weighted by Gasteiger charge is 2.19. The van der Waals surface area contributed by atoms with Gasteiger partial charge in [0.15, 0.2) is 0 Å². The fourth-order valence-corrected chi connectivity index (χ4v) is 2.85. The molecule has 0 amide bonds. The molecule has 0 aliphatic heterocycles. The van der Waals surface area contributed by atoms with E-state index in [1.165, 1.54) is 18.2 Å².